The van der Waals surface area contributed by atoms with E-state index in [0.717, 1.165) is 12.8 Å². The molecule has 2 heterocycles. The van der Waals surface area contributed by atoms with Crippen LogP contribution in [-0.4, -0.2) is 48.8 Å². The number of carbonyl (C=O) groups excluding carboxylic acids is 4. The van der Waals surface area contributed by atoms with Crippen molar-refractivity contribution in [1.29, 1.82) is 5.26 Å². The minimum atomic E-state index is -0.796. The van der Waals surface area contributed by atoms with E-state index in [1.165, 1.54) is 0 Å². The van der Waals surface area contributed by atoms with Crippen LogP contribution in [0.25, 0.3) is 0 Å². The first-order valence-electron chi connectivity index (χ1n) is 10.2. The van der Waals surface area contributed by atoms with E-state index in [4.69, 9.17) is 0 Å². The normalized spacial score (nSPS) is 29.4. The Balaban J connectivity index is 2.12. The number of hydrogen-bond donors (Lipinski definition) is 4. The summed E-state index contributed by atoms with van der Waals surface area (Å²) in [5.41, 5.74) is -0.639. The highest BCUT2D eigenvalue weighted by Crippen LogP contribution is 2.28. The first kappa shape index (κ1) is 22.7. The van der Waals surface area contributed by atoms with Gasteiger partial charge in [-0.2, -0.15) is 5.26 Å². The predicted molar refractivity (Wildman–Crippen MR) is 105 cm³/mol. The molecule has 2 fully saturated rings. The van der Waals surface area contributed by atoms with Gasteiger partial charge in [0.25, 0.3) is 0 Å². The molecule has 0 aromatic heterocycles. The number of rotatable bonds is 1. The SMILES string of the molecule is CC(C)(C)C(=O)NC1CCCCC2CNC(=O)C2CC(C#N)NC(=O)CNC1=O. The monoisotopic (exact) mass is 405 g/mol. The molecule has 4 unspecified atom stereocenters. The van der Waals surface area contributed by atoms with E-state index in [0.29, 0.717) is 19.4 Å². The fourth-order valence-corrected chi connectivity index (χ4v) is 3.65. The van der Waals surface area contributed by atoms with Gasteiger partial charge in [-0.25, -0.2) is 0 Å². The summed E-state index contributed by atoms with van der Waals surface area (Å²) in [6.45, 7) is 5.56. The van der Waals surface area contributed by atoms with Gasteiger partial charge < -0.3 is 21.3 Å². The highest BCUT2D eigenvalue weighted by molar-refractivity contribution is 5.91. The summed E-state index contributed by atoms with van der Waals surface area (Å²) in [6.07, 6.45) is 2.99. The second-order valence-corrected chi connectivity index (χ2v) is 8.87. The topological polar surface area (TPSA) is 140 Å². The third-order valence-corrected chi connectivity index (χ3v) is 5.47. The fraction of sp³-hybridized carbons (Fsp3) is 0.750. The van der Waals surface area contributed by atoms with Gasteiger partial charge in [0.05, 0.1) is 12.6 Å². The minimum absolute atomic E-state index is 0.0831. The summed E-state index contributed by atoms with van der Waals surface area (Å²) in [4.78, 5) is 49.2. The smallest absolute Gasteiger partial charge is 0.243 e. The Hall–Kier alpha value is -2.63. The van der Waals surface area contributed by atoms with Crippen molar-refractivity contribution >= 4 is 23.6 Å². The standard InChI is InChI=1S/C20H31N5O4/c1-20(2,3)19(29)25-15-7-5-4-6-12-10-22-17(27)14(12)8-13(9-21)24-16(26)11-23-18(15)28/h12-15H,4-8,10-11H2,1-3H3,(H,22,27)(H,23,28)(H,24,26)(H,25,29). The molecule has 4 N–H and O–H groups in total. The van der Waals surface area contributed by atoms with Crippen molar-refractivity contribution in [3.63, 3.8) is 0 Å². The maximum Gasteiger partial charge on any atom is 0.243 e. The first-order valence-corrected chi connectivity index (χ1v) is 10.2. The molecule has 2 saturated heterocycles. The van der Waals surface area contributed by atoms with Crippen LogP contribution in [0.3, 0.4) is 0 Å². The van der Waals surface area contributed by atoms with E-state index in [9.17, 15) is 24.4 Å². The molecule has 2 aliphatic rings. The Morgan fingerprint density at radius 2 is 1.79 bits per heavy atom. The number of nitrogens with zero attached hydrogens (tertiary/aromatic N) is 1. The first-order chi connectivity index (χ1) is 13.6. The second-order valence-electron chi connectivity index (χ2n) is 8.87. The van der Waals surface area contributed by atoms with E-state index in [-0.39, 0.29) is 36.6 Å². The average molecular weight is 405 g/mol. The van der Waals surface area contributed by atoms with Crippen LogP contribution in [0.15, 0.2) is 0 Å². The minimum Gasteiger partial charge on any atom is -0.356 e. The van der Waals surface area contributed by atoms with Crippen LogP contribution < -0.4 is 21.3 Å². The van der Waals surface area contributed by atoms with E-state index in [1.807, 2.05) is 6.07 Å². The van der Waals surface area contributed by atoms with Crippen LogP contribution in [0.1, 0.15) is 52.9 Å². The highest BCUT2D eigenvalue weighted by Gasteiger charge is 2.36. The van der Waals surface area contributed by atoms with Crippen LogP contribution in [0, 0.1) is 28.6 Å². The van der Waals surface area contributed by atoms with Gasteiger partial charge in [0.1, 0.15) is 12.1 Å². The summed E-state index contributed by atoms with van der Waals surface area (Å²) in [7, 11) is 0. The zero-order valence-corrected chi connectivity index (χ0v) is 17.3. The maximum absolute atomic E-state index is 12.5. The van der Waals surface area contributed by atoms with Gasteiger partial charge in [0.2, 0.25) is 23.6 Å². The Kier molecular flexibility index (Phi) is 7.59. The summed E-state index contributed by atoms with van der Waals surface area (Å²) in [5, 5.41) is 20.1. The van der Waals surface area contributed by atoms with Crippen molar-refractivity contribution in [2.75, 3.05) is 13.1 Å². The Bertz CT molecular complexity index is 694. The highest BCUT2D eigenvalue weighted by atomic mass is 16.2. The molecule has 9 nitrogen and oxygen atoms in total. The number of nitrogens with one attached hydrogen (secondary N) is 4. The number of hydrogen-bond acceptors (Lipinski definition) is 5. The lowest BCUT2D eigenvalue weighted by Gasteiger charge is -2.25. The Morgan fingerprint density at radius 3 is 2.45 bits per heavy atom. The molecule has 0 bridgehead atoms. The quantitative estimate of drug-likeness (QED) is 0.485. The van der Waals surface area contributed by atoms with Crippen LogP contribution in [0.2, 0.25) is 0 Å². The van der Waals surface area contributed by atoms with E-state index < -0.39 is 29.3 Å². The molecule has 0 spiro atoms. The van der Waals surface area contributed by atoms with Gasteiger partial charge >= 0.3 is 0 Å². The van der Waals surface area contributed by atoms with Crippen LogP contribution in [-0.2, 0) is 19.2 Å². The van der Waals surface area contributed by atoms with Crippen LogP contribution in [0.4, 0.5) is 0 Å². The lowest BCUT2D eigenvalue weighted by atomic mass is 9.85. The van der Waals surface area contributed by atoms with Crippen molar-refractivity contribution in [3.8, 4) is 6.07 Å². The van der Waals surface area contributed by atoms with Crippen LogP contribution >= 0.6 is 0 Å². The third-order valence-electron chi connectivity index (χ3n) is 5.47. The van der Waals surface area contributed by atoms with E-state index in [1.54, 1.807) is 20.8 Å². The van der Waals surface area contributed by atoms with Gasteiger partial charge in [-0.05, 0) is 25.2 Å². The summed E-state index contributed by atoms with van der Waals surface area (Å²) in [5.74, 6) is -1.46. The second kappa shape index (κ2) is 9.72. The van der Waals surface area contributed by atoms with Gasteiger partial charge in [-0.15, -0.1) is 0 Å². The summed E-state index contributed by atoms with van der Waals surface area (Å²) < 4.78 is 0. The van der Waals surface area contributed by atoms with Crippen molar-refractivity contribution in [2.24, 2.45) is 17.3 Å². The van der Waals surface area contributed by atoms with Crippen LogP contribution in [0.5, 0.6) is 0 Å². The van der Waals surface area contributed by atoms with Gasteiger partial charge in [0.15, 0.2) is 0 Å². The molecule has 0 aromatic carbocycles. The largest absolute Gasteiger partial charge is 0.356 e. The summed E-state index contributed by atoms with van der Waals surface area (Å²) >= 11 is 0. The Morgan fingerprint density at radius 1 is 1.10 bits per heavy atom. The molecule has 29 heavy (non-hydrogen) atoms. The molecule has 0 radical (unpaired) electrons. The maximum atomic E-state index is 12.5. The van der Waals surface area contributed by atoms with Crippen molar-refractivity contribution < 1.29 is 19.2 Å². The number of amides is 4. The molecular formula is C20H31N5O4. The average Bonchev–Trinajstić information content (AvgIpc) is 2.99. The number of carbonyl (C=O) groups is 4. The van der Waals surface area contributed by atoms with Crippen molar-refractivity contribution in [3.05, 3.63) is 0 Å². The number of fused-ring (bicyclic) bond motifs is 1. The lowest BCUT2D eigenvalue weighted by molar-refractivity contribution is -0.134. The molecule has 160 valence electrons. The lowest BCUT2D eigenvalue weighted by Crippen LogP contribution is -2.52. The Labute approximate surface area is 171 Å². The van der Waals surface area contributed by atoms with E-state index >= 15 is 0 Å². The molecule has 2 rings (SSSR count). The van der Waals surface area contributed by atoms with Gasteiger partial charge in [0, 0.05) is 17.9 Å². The zero-order valence-electron chi connectivity index (χ0n) is 17.3. The molecule has 0 saturated carbocycles. The predicted octanol–water partition coefficient (Wildman–Crippen LogP) is -0.0318. The molecular weight excluding hydrogens is 374 g/mol. The van der Waals surface area contributed by atoms with Gasteiger partial charge in [-0.1, -0.05) is 33.6 Å². The third kappa shape index (κ3) is 6.44. The van der Waals surface area contributed by atoms with Gasteiger partial charge in [-0.3, -0.25) is 19.2 Å². The molecule has 2 aliphatic heterocycles. The molecule has 0 aliphatic carbocycles. The van der Waals surface area contributed by atoms with Crippen molar-refractivity contribution in [2.45, 2.75) is 65.0 Å². The van der Waals surface area contributed by atoms with Crippen molar-refractivity contribution in [1.82, 2.24) is 21.3 Å². The molecule has 9 heteroatoms. The molecule has 4 atom stereocenters. The fourth-order valence-electron chi connectivity index (χ4n) is 3.65. The molecule has 4 amide bonds. The zero-order chi connectivity index (χ0) is 21.6. The molecule has 0 aromatic rings. The summed E-state index contributed by atoms with van der Waals surface area (Å²) in [6, 6.07) is 0.499. The van der Waals surface area contributed by atoms with E-state index in [2.05, 4.69) is 21.3 Å². The number of nitriles is 1.